The van der Waals surface area contributed by atoms with Gasteiger partial charge in [0.25, 0.3) is 0 Å². The number of nitriles is 1. The van der Waals surface area contributed by atoms with Gasteiger partial charge in [0, 0.05) is 17.3 Å². The van der Waals surface area contributed by atoms with Gasteiger partial charge in [0.2, 0.25) is 0 Å². The van der Waals surface area contributed by atoms with Gasteiger partial charge in [-0.15, -0.1) is 11.3 Å². The molecule has 0 spiro atoms. The Morgan fingerprint density at radius 1 is 1.53 bits per heavy atom. The Morgan fingerprint density at radius 3 is 2.93 bits per heavy atom. The summed E-state index contributed by atoms with van der Waals surface area (Å²) in [6.07, 6.45) is 5.11. The summed E-state index contributed by atoms with van der Waals surface area (Å²) in [4.78, 5) is 4.21. The molecule has 0 atom stereocenters. The van der Waals surface area contributed by atoms with Crippen molar-refractivity contribution in [2.45, 2.75) is 37.4 Å². The van der Waals surface area contributed by atoms with E-state index in [1.807, 2.05) is 37.2 Å². The maximum Gasteiger partial charge on any atom is 0.149 e. The second-order valence-corrected chi connectivity index (χ2v) is 6.34. The Balaban J connectivity index is 2.06. The van der Waals surface area contributed by atoms with E-state index in [2.05, 4.69) is 11.1 Å². The molecular weight excluding hydrogens is 224 g/mol. The lowest BCUT2D eigenvalue weighted by Crippen LogP contribution is -2.07. The fourth-order valence-electron chi connectivity index (χ4n) is 1.17. The van der Waals surface area contributed by atoms with Gasteiger partial charge in [-0.3, -0.25) is 0 Å². The lowest BCUT2D eigenvalue weighted by atomic mass is 9.89. The van der Waals surface area contributed by atoms with E-state index in [9.17, 15) is 0 Å². The van der Waals surface area contributed by atoms with Crippen LogP contribution in [0.1, 0.15) is 33.1 Å². The maximum absolute atomic E-state index is 8.84. The molecule has 0 aliphatic rings. The second kappa shape index (κ2) is 6.14. The van der Waals surface area contributed by atoms with Crippen molar-refractivity contribution >= 4 is 23.1 Å². The Bertz CT molecular complexity index is 312. The van der Waals surface area contributed by atoms with E-state index in [0.29, 0.717) is 0 Å². The van der Waals surface area contributed by atoms with Crippen LogP contribution in [0.25, 0.3) is 0 Å². The standard InChI is InChI=1S/C11H16N2S2/c1-11(2,9-12)5-3-4-7-14-10-13-6-8-15-10/h6,8H,3-5,7H2,1-2H3. The van der Waals surface area contributed by atoms with Gasteiger partial charge in [-0.25, -0.2) is 4.98 Å². The molecule has 0 bridgehead atoms. The summed E-state index contributed by atoms with van der Waals surface area (Å²) >= 11 is 3.50. The van der Waals surface area contributed by atoms with E-state index in [-0.39, 0.29) is 5.41 Å². The monoisotopic (exact) mass is 240 g/mol. The van der Waals surface area contributed by atoms with Gasteiger partial charge in [-0.2, -0.15) is 5.26 Å². The highest BCUT2D eigenvalue weighted by molar-refractivity contribution is 8.00. The number of hydrogen-bond acceptors (Lipinski definition) is 4. The van der Waals surface area contributed by atoms with Crippen LogP contribution in [-0.2, 0) is 0 Å². The number of thioether (sulfide) groups is 1. The number of thiazole rings is 1. The molecule has 0 fully saturated rings. The fraction of sp³-hybridized carbons (Fsp3) is 0.636. The van der Waals surface area contributed by atoms with Crippen LogP contribution in [0.5, 0.6) is 0 Å². The van der Waals surface area contributed by atoms with Crippen LogP contribution in [0.3, 0.4) is 0 Å². The second-order valence-electron chi connectivity index (χ2n) is 4.10. The molecule has 1 heterocycles. The van der Waals surface area contributed by atoms with Crippen molar-refractivity contribution in [3.63, 3.8) is 0 Å². The number of nitrogens with zero attached hydrogens (tertiary/aromatic N) is 2. The molecular formula is C11H16N2S2. The molecule has 0 N–H and O–H groups in total. The molecule has 0 saturated carbocycles. The molecule has 0 saturated heterocycles. The Morgan fingerprint density at radius 2 is 2.33 bits per heavy atom. The molecule has 1 rings (SSSR count). The van der Waals surface area contributed by atoms with Crippen molar-refractivity contribution in [2.75, 3.05) is 5.75 Å². The lowest BCUT2D eigenvalue weighted by Gasteiger charge is -2.13. The van der Waals surface area contributed by atoms with E-state index >= 15 is 0 Å². The molecule has 1 aromatic rings. The van der Waals surface area contributed by atoms with Crippen LogP contribution in [0.15, 0.2) is 15.9 Å². The maximum atomic E-state index is 8.84. The minimum atomic E-state index is -0.161. The average molecular weight is 240 g/mol. The molecule has 82 valence electrons. The summed E-state index contributed by atoms with van der Waals surface area (Å²) in [5, 5.41) is 10.8. The highest BCUT2D eigenvalue weighted by Gasteiger charge is 2.15. The van der Waals surface area contributed by atoms with Gasteiger partial charge in [0.15, 0.2) is 0 Å². The first-order chi connectivity index (χ1) is 7.14. The molecule has 1 aromatic heterocycles. The number of unbranched alkanes of at least 4 members (excludes halogenated alkanes) is 1. The van der Waals surface area contributed by atoms with Crippen molar-refractivity contribution in [1.29, 1.82) is 5.26 Å². The van der Waals surface area contributed by atoms with Gasteiger partial charge >= 0.3 is 0 Å². The zero-order valence-electron chi connectivity index (χ0n) is 9.19. The summed E-state index contributed by atoms with van der Waals surface area (Å²) in [6.45, 7) is 4.00. The van der Waals surface area contributed by atoms with Crippen LogP contribution in [0, 0.1) is 16.7 Å². The van der Waals surface area contributed by atoms with Crippen LogP contribution in [0.2, 0.25) is 0 Å². The van der Waals surface area contributed by atoms with Crippen molar-refractivity contribution in [1.82, 2.24) is 4.98 Å². The highest BCUT2D eigenvalue weighted by Crippen LogP contribution is 2.25. The molecule has 4 heteroatoms. The van der Waals surface area contributed by atoms with Crippen LogP contribution in [0.4, 0.5) is 0 Å². The third kappa shape index (κ3) is 5.19. The quantitative estimate of drug-likeness (QED) is 0.558. The number of rotatable bonds is 6. The predicted molar refractivity (Wildman–Crippen MR) is 66.1 cm³/mol. The average Bonchev–Trinajstić information content (AvgIpc) is 2.70. The Labute approximate surface area is 99.7 Å². The van der Waals surface area contributed by atoms with E-state index in [4.69, 9.17) is 5.26 Å². The van der Waals surface area contributed by atoms with E-state index in [0.717, 1.165) is 29.4 Å². The molecule has 15 heavy (non-hydrogen) atoms. The minimum absolute atomic E-state index is 0.161. The van der Waals surface area contributed by atoms with Crippen LogP contribution >= 0.6 is 23.1 Å². The van der Waals surface area contributed by atoms with E-state index < -0.39 is 0 Å². The first-order valence-electron chi connectivity index (χ1n) is 5.07. The molecule has 0 aliphatic heterocycles. The van der Waals surface area contributed by atoms with Gasteiger partial charge < -0.3 is 0 Å². The van der Waals surface area contributed by atoms with Gasteiger partial charge in [0.05, 0.1) is 11.5 Å². The molecule has 0 radical (unpaired) electrons. The van der Waals surface area contributed by atoms with Gasteiger partial charge in [-0.1, -0.05) is 18.2 Å². The molecule has 0 aliphatic carbocycles. The zero-order valence-corrected chi connectivity index (χ0v) is 10.8. The largest absolute Gasteiger partial charge is 0.238 e. The smallest absolute Gasteiger partial charge is 0.149 e. The first kappa shape index (κ1) is 12.5. The minimum Gasteiger partial charge on any atom is -0.238 e. The molecule has 0 aromatic carbocycles. The van der Waals surface area contributed by atoms with Crippen LogP contribution in [-0.4, -0.2) is 10.7 Å². The Kier molecular flexibility index (Phi) is 5.13. The number of hydrogen-bond donors (Lipinski definition) is 0. The fourth-order valence-corrected chi connectivity index (χ4v) is 2.87. The summed E-state index contributed by atoms with van der Waals surface area (Å²) in [5.41, 5.74) is -0.161. The van der Waals surface area contributed by atoms with E-state index in [1.165, 1.54) is 0 Å². The van der Waals surface area contributed by atoms with Gasteiger partial charge in [-0.05, 0) is 26.7 Å². The molecule has 2 nitrogen and oxygen atoms in total. The number of aromatic nitrogens is 1. The van der Waals surface area contributed by atoms with Crippen LogP contribution < -0.4 is 0 Å². The normalized spacial score (nSPS) is 11.3. The van der Waals surface area contributed by atoms with Crippen molar-refractivity contribution in [3.05, 3.63) is 11.6 Å². The summed E-state index contributed by atoms with van der Waals surface area (Å²) in [5.74, 6) is 1.11. The summed E-state index contributed by atoms with van der Waals surface area (Å²) in [6, 6.07) is 2.33. The predicted octanol–water partition coefficient (Wildman–Crippen LogP) is 3.96. The SMILES string of the molecule is CC(C)(C#N)CCCCSc1nccs1. The van der Waals surface area contributed by atoms with Gasteiger partial charge in [0.1, 0.15) is 4.34 Å². The zero-order chi connectivity index (χ0) is 11.1. The molecule has 0 amide bonds. The third-order valence-electron chi connectivity index (χ3n) is 2.13. The summed E-state index contributed by atoms with van der Waals surface area (Å²) < 4.78 is 1.15. The van der Waals surface area contributed by atoms with Crippen molar-refractivity contribution < 1.29 is 0 Å². The van der Waals surface area contributed by atoms with Crippen molar-refractivity contribution in [2.24, 2.45) is 5.41 Å². The topological polar surface area (TPSA) is 36.7 Å². The molecule has 0 unspecified atom stereocenters. The highest BCUT2D eigenvalue weighted by atomic mass is 32.2. The van der Waals surface area contributed by atoms with Crippen molar-refractivity contribution in [3.8, 4) is 6.07 Å². The first-order valence-corrected chi connectivity index (χ1v) is 6.94. The lowest BCUT2D eigenvalue weighted by molar-refractivity contribution is 0.433. The third-order valence-corrected chi connectivity index (χ3v) is 4.19. The van der Waals surface area contributed by atoms with E-state index in [1.54, 1.807) is 11.3 Å². The Hall–Kier alpha value is -0.530. The summed E-state index contributed by atoms with van der Waals surface area (Å²) in [7, 11) is 0.